The van der Waals surface area contributed by atoms with Gasteiger partial charge in [-0.3, -0.25) is 10.00 Å². The summed E-state index contributed by atoms with van der Waals surface area (Å²) < 4.78 is 5.81. The summed E-state index contributed by atoms with van der Waals surface area (Å²) in [5, 5.41) is 8.26. The molecule has 0 radical (unpaired) electrons. The quantitative estimate of drug-likeness (QED) is 0.773. The van der Waals surface area contributed by atoms with Gasteiger partial charge in [-0.1, -0.05) is 6.07 Å². The van der Waals surface area contributed by atoms with Gasteiger partial charge in [-0.2, -0.15) is 5.10 Å². The van der Waals surface area contributed by atoms with Gasteiger partial charge in [-0.25, -0.2) is 4.98 Å². The van der Waals surface area contributed by atoms with Gasteiger partial charge in [0.25, 0.3) is 0 Å². The molecule has 0 bridgehead atoms. The van der Waals surface area contributed by atoms with Gasteiger partial charge in [0.2, 0.25) is 0 Å². The summed E-state index contributed by atoms with van der Waals surface area (Å²) in [6.07, 6.45) is 6.59. The third-order valence-electron chi connectivity index (χ3n) is 4.38. The molecule has 0 spiro atoms. The van der Waals surface area contributed by atoms with E-state index in [2.05, 4.69) is 43.3 Å². The Morgan fingerprint density at radius 1 is 1.35 bits per heavy atom. The maximum Gasteiger partial charge on any atom is 0.120 e. The average molecular weight is 311 g/mol. The molecule has 23 heavy (non-hydrogen) atoms. The van der Waals surface area contributed by atoms with Crippen LogP contribution in [0.3, 0.4) is 0 Å². The molecule has 0 saturated carbocycles. The first-order valence-corrected chi connectivity index (χ1v) is 8.07. The lowest BCUT2D eigenvalue weighted by Gasteiger charge is -2.22. The van der Waals surface area contributed by atoms with Crippen molar-refractivity contribution in [2.75, 3.05) is 26.3 Å². The van der Waals surface area contributed by atoms with Crippen LogP contribution in [0.25, 0.3) is 10.9 Å². The monoisotopic (exact) mass is 311 g/mol. The van der Waals surface area contributed by atoms with Gasteiger partial charge in [-0.15, -0.1) is 0 Å². The number of aromatic amines is 2. The van der Waals surface area contributed by atoms with Crippen molar-refractivity contribution < 1.29 is 4.74 Å². The van der Waals surface area contributed by atoms with E-state index in [9.17, 15) is 0 Å². The highest BCUT2D eigenvalue weighted by Gasteiger charge is 2.20. The Bertz CT molecular complexity index is 751. The van der Waals surface area contributed by atoms with Gasteiger partial charge >= 0.3 is 0 Å². The zero-order chi connectivity index (χ0) is 15.5. The topological polar surface area (TPSA) is 69.8 Å². The van der Waals surface area contributed by atoms with E-state index in [-0.39, 0.29) is 0 Å². The summed E-state index contributed by atoms with van der Waals surface area (Å²) >= 11 is 0. The number of ether oxygens (including phenoxy) is 1. The molecule has 3 aromatic rings. The number of benzene rings is 1. The van der Waals surface area contributed by atoms with Crippen molar-refractivity contribution in [1.82, 2.24) is 25.1 Å². The van der Waals surface area contributed by atoms with Crippen LogP contribution in [0, 0.1) is 5.92 Å². The second-order valence-electron chi connectivity index (χ2n) is 6.21. The number of imidazole rings is 1. The first kappa shape index (κ1) is 14.4. The van der Waals surface area contributed by atoms with E-state index >= 15 is 0 Å². The molecule has 3 heterocycles. The predicted molar refractivity (Wildman–Crippen MR) is 88.0 cm³/mol. The first-order chi connectivity index (χ1) is 11.4. The van der Waals surface area contributed by atoms with E-state index in [1.54, 1.807) is 6.20 Å². The lowest BCUT2D eigenvalue weighted by Crippen LogP contribution is -2.30. The normalized spacial score (nSPS) is 19.9. The summed E-state index contributed by atoms with van der Waals surface area (Å²) in [6, 6.07) is 6.51. The minimum Gasteiger partial charge on any atom is -0.380 e. The fraction of sp³-hybridized carbons (Fsp3) is 0.412. The van der Waals surface area contributed by atoms with Crippen LogP contribution >= 0.6 is 0 Å². The van der Waals surface area contributed by atoms with Gasteiger partial charge in [0.1, 0.15) is 5.82 Å². The molecule has 1 unspecified atom stereocenters. The molecule has 120 valence electrons. The number of rotatable bonds is 4. The number of hydrogen-bond donors (Lipinski definition) is 2. The number of hydrogen-bond acceptors (Lipinski definition) is 4. The molecule has 6 nitrogen and oxygen atoms in total. The van der Waals surface area contributed by atoms with Crippen molar-refractivity contribution in [2.24, 2.45) is 5.92 Å². The van der Waals surface area contributed by atoms with Gasteiger partial charge < -0.3 is 9.72 Å². The summed E-state index contributed by atoms with van der Waals surface area (Å²) in [6.45, 7) is 4.45. The highest BCUT2D eigenvalue weighted by molar-refractivity contribution is 5.78. The maximum atomic E-state index is 5.81. The van der Waals surface area contributed by atoms with Crippen molar-refractivity contribution in [2.45, 2.75) is 13.0 Å². The third kappa shape index (κ3) is 3.43. The van der Waals surface area contributed by atoms with Crippen molar-refractivity contribution in [3.63, 3.8) is 0 Å². The second kappa shape index (κ2) is 6.52. The highest BCUT2D eigenvalue weighted by atomic mass is 16.5. The zero-order valence-corrected chi connectivity index (χ0v) is 13.0. The van der Waals surface area contributed by atoms with Crippen LogP contribution < -0.4 is 0 Å². The SMILES string of the molecule is c1c[nH]c(CN2CCOCC(Cc3ccc4[nH]ncc4c3)C2)n1. The van der Waals surface area contributed by atoms with Crippen LogP contribution in [0.5, 0.6) is 0 Å². The summed E-state index contributed by atoms with van der Waals surface area (Å²) in [4.78, 5) is 9.94. The van der Waals surface area contributed by atoms with Crippen LogP contribution in [0.4, 0.5) is 0 Å². The van der Waals surface area contributed by atoms with E-state index < -0.39 is 0 Å². The number of nitrogens with one attached hydrogen (secondary N) is 2. The van der Waals surface area contributed by atoms with E-state index in [1.807, 2.05) is 12.4 Å². The largest absolute Gasteiger partial charge is 0.380 e. The van der Waals surface area contributed by atoms with E-state index in [4.69, 9.17) is 4.74 Å². The molecule has 1 aliphatic rings. The Morgan fingerprint density at radius 3 is 3.26 bits per heavy atom. The summed E-state index contributed by atoms with van der Waals surface area (Å²) in [5.74, 6) is 1.52. The Labute approximate surface area is 134 Å². The zero-order valence-electron chi connectivity index (χ0n) is 13.0. The van der Waals surface area contributed by atoms with Gasteiger partial charge in [0.15, 0.2) is 0 Å². The molecule has 1 aliphatic heterocycles. The highest BCUT2D eigenvalue weighted by Crippen LogP contribution is 2.18. The molecule has 2 aromatic heterocycles. The molecule has 1 fully saturated rings. The molecule has 1 saturated heterocycles. The summed E-state index contributed by atoms with van der Waals surface area (Å²) in [7, 11) is 0. The molecule has 1 atom stereocenters. The Hall–Kier alpha value is -2.18. The number of fused-ring (bicyclic) bond motifs is 1. The van der Waals surface area contributed by atoms with Gasteiger partial charge in [0.05, 0.1) is 31.5 Å². The molecule has 0 aliphatic carbocycles. The maximum absolute atomic E-state index is 5.81. The molecular formula is C17H21N5O. The van der Waals surface area contributed by atoms with Crippen molar-refractivity contribution in [3.05, 3.63) is 48.2 Å². The third-order valence-corrected chi connectivity index (χ3v) is 4.38. The van der Waals surface area contributed by atoms with Gasteiger partial charge in [-0.05, 0) is 30.0 Å². The Kier molecular flexibility index (Phi) is 4.08. The Morgan fingerprint density at radius 2 is 2.35 bits per heavy atom. The van der Waals surface area contributed by atoms with Crippen LogP contribution in [-0.2, 0) is 17.7 Å². The number of H-pyrrole nitrogens is 2. The smallest absolute Gasteiger partial charge is 0.120 e. The van der Waals surface area contributed by atoms with Crippen LogP contribution in [0.1, 0.15) is 11.4 Å². The van der Waals surface area contributed by atoms with Crippen molar-refractivity contribution >= 4 is 10.9 Å². The fourth-order valence-electron chi connectivity index (χ4n) is 3.27. The van der Waals surface area contributed by atoms with Crippen LogP contribution in [0.15, 0.2) is 36.8 Å². The van der Waals surface area contributed by atoms with Crippen LogP contribution in [-0.4, -0.2) is 51.4 Å². The predicted octanol–water partition coefficient (Wildman–Crippen LogP) is 1.98. The lowest BCUT2D eigenvalue weighted by molar-refractivity contribution is 0.121. The first-order valence-electron chi connectivity index (χ1n) is 8.07. The minimum absolute atomic E-state index is 0.497. The van der Waals surface area contributed by atoms with E-state index in [0.29, 0.717) is 5.92 Å². The second-order valence-corrected chi connectivity index (χ2v) is 6.21. The summed E-state index contributed by atoms with van der Waals surface area (Å²) in [5.41, 5.74) is 2.43. The molecule has 0 amide bonds. The number of aromatic nitrogens is 4. The van der Waals surface area contributed by atoms with Crippen molar-refractivity contribution in [3.8, 4) is 0 Å². The van der Waals surface area contributed by atoms with Crippen LogP contribution in [0.2, 0.25) is 0 Å². The average Bonchev–Trinajstić information content (AvgIpc) is 3.17. The number of nitrogens with zero attached hydrogens (tertiary/aromatic N) is 3. The van der Waals surface area contributed by atoms with Gasteiger partial charge in [0, 0.05) is 30.9 Å². The molecule has 4 rings (SSSR count). The lowest BCUT2D eigenvalue weighted by atomic mass is 9.98. The standard InChI is InChI=1S/C17H21N5O/c1-2-16-15(9-20-21-16)8-13(1)7-14-10-22(5-6-23-12-14)11-17-18-3-4-19-17/h1-4,8-9,14H,5-7,10-12H2,(H,18,19)(H,20,21). The minimum atomic E-state index is 0.497. The fourth-order valence-corrected chi connectivity index (χ4v) is 3.27. The van der Waals surface area contributed by atoms with Crippen molar-refractivity contribution in [1.29, 1.82) is 0 Å². The molecule has 1 aromatic carbocycles. The molecular weight excluding hydrogens is 290 g/mol. The van der Waals surface area contributed by atoms with E-state index in [1.165, 1.54) is 10.9 Å². The molecule has 6 heteroatoms. The Balaban J connectivity index is 1.44. The van der Waals surface area contributed by atoms with E-state index in [0.717, 1.165) is 50.6 Å². The molecule has 2 N–H and O–H groups in total.